The van der Waals surface area contributed by atoms with Crippen LogP contribution in [0.25, 0.3) is 0 Å². The zero-order valence-corrected chi connectivity index (χ0v) is 10.1. The number of rotatable bonds is 6. The summed E-state index contributed by atoms with van der Waals surface area (Å²) in [6, 6.07) is 7.80. The van der Waals surface area contributed by atoms with Gasteiger partial charge in [-0.15, -0.1) is 0 Å². The Morgan fingerprint density at radius 3 is 2.56 bits per heavy atom. The molecule has 16 heavy (non-hydrogen) atoms. The normalized spacial score (nSPS) is 11.7. The van der Waals surface area contributed by atoms with Gasteiger partial charge in [-0.05, 0) is 38.3 Å². The minimum Gasteiger partial charge on any atom is -0.399 e. The number of aliphatic hydroxyl groups is 1. The number of para-hydroxylation sites is 1. The van der Waals surface area contributed by atoms with Gasteiger partial charge in [-0.25, -0.2) is 0 Å². The van der Waals surface area contributed by atoms with Crippen molar-refractivity contribution >= 4 is 5.69 Å². The molecule has 0 heterocycles. The van der Waals surface area contributed by atoms with E-state index in [-0.39, 0.29) is 0 Å². The number of hydrogen-bond acceptors (Lipinski definition) is 3. The van der Waals surface area contributed by atoms with Crippen LogP contribution in [-0.2, 0) is 11.2 Å². The van der Waals surface area contributed by atoms with Gasteiger partial charge in [0.25, 0.3) is 0 Å². The standard InChI is InChI=1S/C13H21NO2/c1-13(2,15)8-10-16-9-7-11-5-3-4-6-12(11)14/h3-6,15H,7-10,14H2,1-2H3. The summed E-state index contributed by atoms with van der Waals surface area (Å²) < 4.78 is 5.45. The molecule has 0 saturated heterocycles. The highest BCUT2D eigenvalue weighted by Crippen LogP contribution is 2.11. The van der Waals surface area contributed by atoms with Crippen LogP contribution in [-0.4, -0.2) is 23.9 Å². The Balaban J connectivity index is 2.19. The van der Waals surface area contributed by atoms with E-state index in [4.69, 9.17) is 10.5 Å². The molecule has 0 saturated carbocycles. The SMILES string of the molecule is CC(C)(O)CCOCCc1ccccc1N. The molecule has 0 aromatic heterocycles. The van der Waals surface area contributed by atoms with Crippen molar-refractivity contribution in [3.8, 4) is 0 Å². The molecule has 0 amide bonds. The van der Waals surface area contributed by atoms with E-state index in [1.54, 1.807) is 13.8 Å². The van der Waals surface area contributed by atoms with Crippen molar-refractivity contribution in [1.82, 2.24) is 0 Å². The van der Waals surface area contributed by atoms with E-state index < -0.39 is 5.60 Å². The first-order valence-corrected chi connectivity index (χ1v) is 5.62. The lowest BCUT2D eigenvalue weighted by atomic mass is 10.1. The van der Waals surface area contributed by atoms with Gasteiger partial charge in [0.15, 0.2) is 0 Å². The number of benzene rings is 1. The fourth-order valence-electron chi connectivity index (χ4n) is 1.37. The van der Waals surface area contributed by atoms with Crippen LogP contribution in [0.5, 0.6) is 0 Å². The predicted molar refractivity (Wildman–Crippen MR) is 66.3 cm³/mol. The van der Waals surface area contributed by atoms with Gasteiger partial charge in [-0.2, -0.15) is 0 Å². The second kappa shape index (κ2) is 5.87. The molecule has 0 unspecified atom stereocenters. The van der Waals surface area contributed by atoms with Gasteiger partial charge in [0, 0.05) is 12.3 Å². The molecule has 0 radical (unpaired) electrons. The molecular formula is C13H21NO2. The zero-order chi connectivity index (χ0) is 12.0. The predicted octanol–water partition coefficient (Wildman–Crippen LogP) is 1.99. The summed E-state index contributed by atoms with van der Waals surface area (Å²) in [5.74, 6) is 0. The molecule has 0 spiro atoms. The number of anilines is 1. The van der Waals surface area contributed by atoms with Gasteiger partial charge in [0.05, 0.1) is 12.2 Å². The fraction of sp³-hybridized carbons (Fsp3) is 0.538. The van der Waals surface area contributed by atoms with E-state index in [2.05, 4.69) is 0 Å². The van der Waals surface area contributed by atoms with Crippen LogP contribution < -0.4 is 5.73 Å². The smallest absolute Gasteiger partial charge is 0.0613 e. The van der Waals surface area contributed by atoms with E-state index in [1.807, 2.05) is 24.3 Å². The second-order valence-corrected chi connectivity index (χ2v) is 4.62. The highest BCUT2D eigenvalue weighted by atomic mass is 16.5. The molecule has 0 fully saturated rings. The van der Waals surface area contributed by atoms with Crippen LogP contribution in [0.3, 0.4) is 0 Å². The van der Waals surface area contributed by atoms with Crippen molar-refractivity contribution in [2.45, 2.75) is 32.3 Å². The monoisotopic (exact) mass is 223 g/mol. The van der Waals surface area contributed by atoms with Crippen LogP contribution in [0.2, 0.25) is 0 Å². The highest BCUT2D eigenvalue weighted by Gasteiger charge is 2.11. The Morgan fingerprint density at radius 1 is 1.25 bits per heavy atom. The van der Waals surface area contributed by atoms with Crippen molar-refractivity contribution in [2.75, 3.05) is 18.9 Å². The molecule has 1 aromatic rings. The van der Waals surface area contributed by atoms with Gasteiger partial charge < -0.3 is 15.6 Å². The summed E-state index contributed by atoms with van der Waals surface area (Å²) in [6.45, 7) is 4.79. The Kier molecular flexibility index (Phi) is 4.77. The number of ether oxygens (including phenoxy) is 1. The number of nitrogen functional groups attached to an aromatic ring is 1. The fourth-order valence-corrected chi connectivity index (χ4v) is 1.37. The summed E-state index contributed by atoms with van der Waals surface area (Å²) in [7, 11) is 0. The maximum atomic E-state index is 9.48. The highest BCUT2D eigenvalue weighted by molar-refractivity contribution is 5.46. The molecule has 0 atom stereocenters. The summed E-state index contributed by atoms with van der Waals surface area (Å²) >= 11 is 0. The lowest BCUT2D eigenvalue weighted by molar-refractivity contribution is 0.0291. The average Bonchev–Trinajstić information content (AvgIpc) is 2.18. The van der Waals surface area contributed by atoms with E-state index in [1.165, 1.54) is 0 Å². The largest absolute Gasteiger partial charge is 0.399 e. The van der Waals surface area contributed by atoms with Crippen molar-refractivity contribution in [3.05, 3.63) is 29.8 Å². The lowest BCUT2D eigenvalue weighted by Gasteiger charge is -2.16. The summed E-state index contributed by atoms with van der Waals surface area (Å²) in [5.41, 5.74) is 7.09. The summed E-state index contributed by atoms with van der Waals surface area (Å²) in [4.78, 5) is 0. The molecule has 3 N–H and O–H groups in total. The average molecular weight is 223 g/mol. The summed E-state index contributed by atoms with van der Waals surface area (Å²) in [5, 5.41) is 9.48. The summed E-state index contributed by atoms with van der Waals surface area (Å²) in [6.07, 6.45) is 1.47. The quantitative estimate of drug-likeness (QED) is 0.573. The first kappa shape index (κ1) is 13.0. The molecule has 1 rings (SSSR count). The topological polar surface area (TPSA) is 55.5 Å². The van der Waals surface area contributed by atoms with Crippen molar-refractivity contribution in [2.24, 2.45) is 0 Å². The van der Waals surface area contributed by atoms with Crippen LogP contribution in [0.4, 0.5) is 5.69 Å². The Morgan fingerprint density at radius 2 is 1.94 bits per heavy atom. The molecule has 3 heteroatoms. The third-order valence-electron chi connectivity index (χ3n) is 2.43. The van der Waals surface area contributed by atoms with Crippen molar-refractivity contribution in [1.29, 1.82) is 0 Å². The maximum absolute atomic E-state index is 9.48. The van der Waals surface area contributed by atoms with Gasteiger partial charge >= 0.3 is 0 Å². The first-order chi connectivity index (χ1) is 7.49. The van der Waals surface area contributed by atoms with Gasteiger partial charge in [-0.1, -0.05) is 18.2 Å². The Hall–Kier alpha value is -1.06. The number of hydrogen-bond donors (Lipinski definition) is 2. The molecule has 0 aliphatic heterocycles. The zero-order valence-electron chi connectivity index (χ0n) is 10.1. The molecule has 0 aliphatic carbocycles. The third kappa shape index (κ3) is 5.14. The molecule has 0 bridgehead atoms. The lowest BCUT2D eigenvalue weighted by Crippen LogP contribution is -2.21. The van der Waals surface area contributed by atoms with Gasteiger partial charge in [0.2, 0.25) is 0 Å². The van der Waals surface area contributed by atoms with E-state index in [0.29, 0.717) is 19.6 Å². The second-order valence-electron chi connectivity index (χ2n) is 4.62. The van der Waals surface area contributed by atoms with Gasteiger partial charge in [-0.3, -0.25) is 0 Å². The van der Waals surface area contributed by atoms with Crippen molar-refractivity contribution in [3.63, 3.8) is 0 Å². The third-order valence-corrected chi connectivity index (χ3v) is 2.43. The van der Waals surface area contributed by atoms with E-state index in [9.17, 15) is 5.11 Å². The molecule has 90 valence electrons. The first-order valence-electron chi connectivity index (χ1n) is 5.62. The van der Waals surface area contributed by atoms with Crippen molar-refractivity contribution < 1.29 is 9.84 Å². The van der Waals surface area contributed by atoms with Crippen LogP contribution in [0.1, 0.15) is 25.8 Å². The van der Waals surface area contributed by atoms with Crippen LogP contribution in [0.15, 0.2) is 24.3 Å². The van der Waals surface area contributed by atoms with E-state index >= 15 is 0 Å². The minimum absolute atomic E-state index is 0.580. The molecule has 1 aromatic carbocycles. The van der Waals surface area contributed by atoms with Crippen LogP contribution in [0, 0.1) is 0 Å². The molecule has 3 nitrogen and oxygen atoms in total. The van der Waals surface area contributed by atoms with Crippen LogP contribution >= 0.6 is 0 Å². The Bertz CT molecular complexity index is 318. The number of nitrogens with two attached hydrogens (primary N) is 1. The van der Waals surface area contributed by atoms with Gasteiger partial charge in [0.1, 0.15) is 0 Å². The maximum Gasteiger partial charge on any atom is 0.0613 e. The minimum atomic E-state index is -0.647. The van der Waals surface area contributed by atoms with E-state index in [0.717, 1.165) is 17.7 Å². The molecule has 0 aliphatic rings. The molecular weight excluding hydrogens is 202 g/mol. The Labute approximate surface area is 97.2 Å².